The molecule has 0 saturated carbocycles. The number of rotatable bonds is 2. The highest BCUT2D eigenvalue weighted by Crippen LogP contribution is 2.36. The van der Waals surface area contributed by atoms with Gasteiger partial charge in [0, 0.05) is 34.4 Å². The Labute approximate surface area is 187 Å². The summed E-state index contributed by atoms with van der Waals surface area (Å²) in [7, 11) is 2.17. The van der Waals surface area contributed by atoms with Crippen LogP contribution in [0.4, 0.5) is 0 Å². The van der Waals surface area contributed by atoms with Gasteiger partial charge in [0.05, 0.1) is 12.4 Å². The summed E-state index contributed by atoms with van der Waals surface area (Å²) < 4.78 is 6.92. The van der Waals surface area contributed by atoms with E-state index in [-0.39, 0.29) is 0 Å². The molecule has 0 spiro atoms. The van der Waals surface area contributed by atoms with E-state index in [2.05, 4.69) is 127 Å². The summed E-state index contributed by atoms with van der Waals surface area (Å²) in [6, 6.07) is 24.2. The largest absolute Gasteiger partial charge is 0.324 e. The van der Waals surface area contributed by atoms with E-state index in [1.165, 1.54) is 61.0 Å². The van der Waals surface area contributed by atoms with Crippen LogP contribution in [-0.4, -0.2) is 8.97 Å². The second-order valence-corrected chi connectivity index (χ2v) is 8.84. The molecule has 0 aliphatic heterocycles. The smallest absolute Gasteiger partial charge is 0.295 e. The number of hydrogen-bond acceptors (Lipinski definition) is 0. The topological polar surface area (TPSA) is 13.2 Å². The van der Waals surface area contributed by atoms with Gasteiger partial charge in [0.1, 0.15) is 11.7 Å². The maximum Gasteiger partial charge on any atom is 0.295 e. The van der Waals surface area contributed by atoms with E-state index in [0.717, 1.165) is 0 Å². The molecule has 0 amide bonds. The minimum Gasteiger partial charge on any atom is -0.324 e. The Hall–Kier alpha value is -3.85. The van der Waals surface area contributed by atoms with Crippen LogP contribution in [0.3, 0.4) is 0 Å². The molecule has 0 aliphatic rings. The van der Waals surface area contributed by atoms with Crippen molar-refractivity contribution < 1.29 is 4.57 Å². The van der Waals surface area contributed by atoms with Gasteiger partial charge in [-0.3, -0.25) is 0 Å². The Bertz CT molecular complexity index is 1630. The van der Waals surface area contributed by atoms with Crippen molar-refractivity contribution >= 4 is 27.3 Å². The van der Waals surface area contributed by atoms with E-state index >= 15 is 0 Å². The molecule has 3 heterocycles. The standard InChI is InChI=1S/C29H26N3/c1-19-9-7-10-20(2)27(19)26-18-30(4)29-28-21(3)11-8-12-23(28)24-17-22(31-15-5-6-16-31)13-14-25(24)32(26)29/h5-18H,1-4H3/q+1. The molecule has 3 heteroatoms. The zero-order valence-electron chi connectivity index (χ0n) is 18.9. The van der Waals surface area contributed by atoms with Gasteiger partial charge in [-0.1, -0.05) is 36.4 Å². The van der Waals surface area contributed by atoms with E-state index in [1.54, 1.807) is 0 Å². The zero-order chi connectivity index (χ0) is 22.0. The molecule has 32 heavy (non-hydrogen) atoms. The van der Waals surface area contributed by atoms with Crippen molar-refractivity contribution in [3.8, 4) is 16.9 Å². The van der Waals surface area contributed by atoms with Crippen LogP contribution in [0.2, 0.25) is 0 Å². The molecule has 6 rings (SSSR count). The average molecular weight is 417 g/mol. The van der Waals surface area contributed by atoms with Crippen LogP contribution in [0, 0.1) is 20.8 Å². The second kappa shape index (κ2) is 6.83. The number of fused-ring (bicyclic) bond motifs is 6. The van der Waals surface area contributed by atoms with Gasteiger partial charge < -0.3 is 4.57 Å². The van der Waals surface area contributed by atoms with Gasteiger partial charge >= 0.3 is 0 Å². The van der Waals surface area contributed by atoms with E-state index in [4.69, 9.17) is 0 Å². The molecule has 3 nitrogen and oxygen atoms in total. The molecule has 0 radical (unpaired) electrons. The number of imidazole rings is 1. The van der Waals surface area contributed by atoms with Crippen LogP contribution in [0.1, 0.15) is 16.7 Å². The normalized spacial score (nSPS) is 11.8. The summed E-state index contributed by atoms with van der Waals surface area (Å²) in [6.45, 7) is 6.64. The lowest BCUT2D eigenvalue weighted by Gasteiger charge is -2.11. The maximum atomic E-state index is 2.46. The first-order chi connectivity index (χ1) is 15.5. The van der Waals surface area contributed by atoms with Gasteiger partial charge in [0.15, 0.2) is 5.69 Å². The highest BCUT2D eigenvalue weighted by Gasteiger charge is 2.25. The molecule has 0 unspecified atom stereocenters. The Kier molecular flexibility index (Phi) is 4.03. The summed E-state index contributed by atoms with van der Waals surface area (Å²) in [5.74, 6) is 0. The Balaban J connectivity index is 1.86. The summed E-state index contributed by atoms with van der Waals surface area (Å²) in [4.78, 5) is 0. The quantitative estimate of drug-likeness (QED) is 0.227. The molecule has 0 aliphatic carbocycles. The average Bonchev–Trinajstić information content (AvgIpc) is 3.42. The van der Waals surface area contributed by atoms with Crippen LogP contribution in [0.15, 0.2) is 85.3 Å². The first-order valence-corrected chi connectivity index (χ1v) is 11.1. The fourth-order valence-electron chi connectivity index (χ4n) is 5.29. The molecule has 3 aromatic heterocycles. The lowest BCUT2D eigenvalue weighted by Crippen LogP contribution is -2.26. The lowest BCUT2D eigenvalue weighted by molar-refractivity contribution is -0.643. The van der Waals surface area contributed by atoms with E-state index < -0.39 is 0 Å². The molecule has 0 fully saturated rings. The predicted molar refractivity (Wildman–Crippen MR) is 133 cm³/mol. The van der Waals surface area contributed by atoms with Crippen LogP contribution in [-0.2, 0) is 7.05 Å². The number of nitrogens with zero attached hydrogens (tertiary/aromatic N) is 3. The Morgan fingerprint density at radius 1 is 0.719 bits per heavy atom. The van der Waals surface area contributed by atoms with Crippen LogP contribution in [0.5, 0.6) is 0 Å². The number of aryl methyl sites for hydroxylation is 4. The third-order valence-corrected chi connectivity index (χ3v) is 6.75. The van der Waals surface area contributed by atoms with E-state index in [1.807, 2.05) is 0 Å². The molecular formula is C29H26N3+. The van der Waals surface area contributed by atoms with Crippen molar-refractivity contribution in [2.45, 2.75) is 20.8 Å². The number of hydrogen-bond donors (Lipinski definition) is 0. The highest BCUT2D eigenvalue weighted by atomic mass is 15.1. The van der Waals surface area contributed by atoms with Gasteiger partial charge in [-0.25, -0.2) is 4.57 Å². The van der Waals surface area contributed by atoms with Gasteiger partial charge in [-0.05, 0) is 67.8 Å². The third-order valence-electron chi connectivity index (χ3n) is 6.75. The summed E-state index contributed by atoms with van der Waals surface area (Å²) in [6.07, 6.45) is 6.49. The first-order valence-electron chi connectivity index (χ1n) is 11.1. The number of pyridine rings is 1. The fourth-order valence-corrected chi connectivity index (χ4v) is 5.29. The second-order valence-electron chi connectivity index (χ2n) is 8.84. The minimum absolute atomic E-state index is 1.18. The molecule has 0 bridgehead atoms. The van der Waals surface area contributed by atoms with Crippen LogP contribution in [0.25, 0.3) is 44.3 Å². The Morgan fingerprint density at radius 3 is 2.16 bits per heavy atom. The molecule has 0 saturated heterocycles. The third kappa shape index (κ3) is 2.57. The lowest BCUT2D eigenvalue weighted by atomic mass is 9.99. The van der Waals surface area contributed by atoms with Crippen LogP contribution >= 0.6 is 0 Å². The minimum atomic E-state index is 1.18. The summed E-state index contributed by atoms with van der Waals surface area (Å²) in [5, 5.41) is 3.87. The number of benzene rings is 3. The molecule has 0 atom stereocenters. The van der Waals surface area contributed by atoms with E-state index in [0.29, 0.717) is 0 Å². The Morgan fingerprint density at radius 2 is 1.41 bits per heavy atom. The highest BCUT2D eigenvalue weighted by molar-refractivity contribution is 6.13. The van der Waals surface area contributed by atoms with Crippen LogP contribution < -0.4 is 4.57 Å². The van der Waals surface area contributed by atoms with Gasteiger partial charge in [0.25, 0.3) is 5.65 Å². The van der Waals surface area contributed by atoms with Gasteiger partial charge in [-0.2, -0.15) is 4.40 Å². The van der Waals surface area contributed by atoms with Crippen molar-refractivity contribution in [3.05, 3.63) is 102 Å². The molecular weight excluding hydrogens is 390 g/mol. The van der Waals surface area contributed by atoms with Crippen molar-refractivity contribution in [3.63, 3.8) is 0 Å². The number of aromatic nitrogens is 3. The zero-order valence-corrected chi connectivity index (χ0v) is 18.9. The molecule has 156 valence electrons. The maximum absolute atomic E-state index is 2.46. The first kappa shape index (κ1) is 18.9. The predicted octanol–water partition coefficient (Wildman–Crippen LogP) is 6.45. The molecule has 0 N–H and O–H groups in total. The summed E-state index contributed by atoms with van der Waals surface area (Å²) >= 11 is 0. The van der Waals surface area contributed by atoms with E-state index in [9.17, 15) is 0 Å². The van der Waals surface area contributed by atoms with Crippen molar-refractivity contribution in [1.29, 1.82) is 0 Å². The van der Waals surface area contributed by atoms with Crippen molar-refractivity contribution in [2.24, 2.45) is 7.05 Å². The molecule has 3 aromatic carbocycles. The molecule has 6 aromatic rings. The monoisotopic (exact) mass is 416 g/mol. The van der Waals surface area contributed by atoms with Gasteiger partial charge in [-0.15, -0.1) is 0 Å². The SMILES string of the molecule is Cc1cccc(C)c1-c1c[n+](C)c2c3c(C)cccc3c3cc(-n4cccc4)ccc3n12. The summed E-state index contributed by atoms with van der Waals surface area (Å²) in [5.41, 5.74) is 10.1. The van der Waals surface area contributed by atoms with Crippen molar-refractivity contribution in [2.75, 3.05) is 0 Å². The van der Waals surface area contributed by atoms with Gasteiger partial charge in [0.2, 0.25) is 0 Å². The van der Waals surface area contributed by atoms with Crippen molar-refractivity contribution in [1.82, 2.24) is 8.97 Å². The fraction of sp³-hybridized carbons (Fsp3) is 0.138.